The highest BCUT2D eigenvalue weighted by Crippen LogP contribution is 2.09. The molecule has 0 fully saturated rings. The highest BCUT2D eigenvalue weighted by Gasteiger charge is 2.21. The molecule has 1 rings (SSSR count). The van der Waals surface area contributed by atoms with Crippen LogP contribution in [0.4, 0.5) is 5.69 Å². The quantitative estimate of drug-likeness (QED) is 0.484. The Morgan fingerprint density at radius 1 is 1.33 bits per heavy atom. The Labute approximate surface area is 144 Å². The first-order chi connectivity index (χ1) is 11.5. The molecule has 0 aliphatic carbocycles. The van der Waals surface area contributed by atoms with E-state index in [1.54, 1.807) is 30.3 Å². The molecule has 0 radical (unpaired) electrons. The van der Waals surface area contributed by atoms with Crippen LogP contribution < -0.4 is 10.6 Å². The standard InChI is InChI=1S/C16H16N4O3S/c1-24-7-6-14(16(22)23)20-15(21)12(9-18)10-19-13-4-2-11(8-17)3-5-13/h2-5,10,14,19H,6-7H2,1H3,(H,20,21)(H,22,23)/b12-10-. The molecular formula is C16H16N4O3S. The lowest BCUT2D eigenvalue weighted by atomic mass is 10.2. The molecule has 0 heterocycles. The van der Waals surface area contributed by atoms with Crippen LogP contribution in [0.25, 0.3) is 0 Å². The van der Waals surface area contributed by atoms with Crippen LogP contribution in [0.1, 0.15) is 12.0 Å². The van der Waals surface area contributed by atoms with Gasteiger partial charge in [-0.3, -0.25) is 4.79 Å². The fraction of sp³-hybridized carbons (Fsp3) is 0.250. The van der Waals surface area contributed by atoms with Crippen LogP contribution in [0.2, 0.25) is 0 Å². The minimum absolute atomic E-state index is 0.241. The van der Waals surface area contributed by atoms with Crippen molar-refractivity contribution in [2.75, 3.05) is 17.3 Å². The number of nitrogens with one attached hydrogen (secondary N) is 2. The van der Waals surface area contributed by atoms with Gasteiger partial charge in [0.15, 0.2) is 0 Å². The minimum atomic E-state index is -1.14. The molecule has 0 aliphatic heterocycles. The van der Waals surface area contributed by atoms with Crippen molar-refractivity contribution in [3.05, 3.63) is 41.6 Å². The molecule has 1 aromatic carbocycles. The molecule has 0 saturated heterocycles. The van der Waals surface area contributed by atoms with Gasteiger partial charge < -0.3 is 15.7 Å². The van der Waals surface area contributed by atoms with E-state index < -0.39 is 17.9 Å². The molecule has 0 aliphatic rings. The van der Waals surface area contributed by atoms with E-state index in [2.05, 4.69) is 10.6 Å². The summed E-state index contributed by atoms with van der Waals surface area (Å²) in [4.78, 5) is 23.1. The molecule has 24 heavy (non-hydrogen) atoms. The lowest BCUT2D eigenvalue weighted by molar-refractivity contribution is -0.141. The summed E-state index contributed by atoms with van der Waals surface area (Å²) < 4.78 is 0. The van der Waals surface area contributed by atoms with E-state index in [9.17, 15) is 9.59 Å². The number of amides is 1. The van der Waals surface area contributed by atoms with Crippen LogP contribution >= 0.6 is 11.8 Å². The first-order valence-electron chi connectivity index (χ1n) is 6.91. The Hall–Kier alpha value is -2.97. The maximum absolute atomic E-state index is 12.0. The summed E-state index contributed by atoms with van der Waals surface area (Å²) in [5, 5.41) is 32.0. The van der Waals surface area contributed by atoms with Gasteiger partial charge in [-0.1, -0.05) is 0 Å². The van der Waals surface area contributed by atoms with Crippen LogP contribution in [0, 0.1) is 22.7 Å². The molecule has 1 atom stereocenters. The average molecular weight is 344 g/mol. The zero-order valence-electron chi connectivity index (χ0n) is 12.9. The lowest BCUT2D eigenvalue weighted by Crippen LogP contribution is -2.41. The van der Waals surface area contributed by atoms with E-state index in [0.29, 0.717) is 17.0 Å². The zero-order valence-corrected chi connectivity index (χ0v) is 13.8. The van der Waals surface area contributed by atoms with E-state index in [0.717, 1.165) is 0 Å². The SMILES string of the molecule is CSCCC(NC(=O)/C(C#N)=C\Nc1ccc(C#N)cc1)C(=O)O. The van der Waals surface area contributed by atoms with Crippen molar-refractivity contribution in [2.45, 2.75) is 12.5 Å². The number of nitrogens with zero attached hydrogens (tertiary/aromatic N) is 2. The van der Waals surface area contributed by atoms with Crippen molar-refractivity contribution in [3.63, 3.8) is 0 Å². The zero-order chi connectivity index (χ0) is 17.9. The molecule has 1 unspecified atom stereocenters. The van der Waals surface area contributed by atoms with Crippen molar-refractivity contribution >= 4 is 29.3 Å². The third-order valence-corrected chi connectivity index (χ3v) is 3.62. The minimum Gasteiger partial charge on any atom is -0.480 e. The summed E-state index contributed by atoms with van der Waals surface area (Å²) >= 11 is 1.47. The predicted molar refractivity (Wildman–Crippen MR) is 91.0 cm³/mol. The maximum atomic E-state index is 12.0. The molecule has 124 valence electrons. The molecule has 1 amide bonds. The number of rotatable bonds is 8. The van der Waals surface area contributed by atoms with Crippen LogP contribution in [0.5, 0.6) is 0 Å². The summed E-state index contributed by atoms with van der Waals surface area (Å²) in [5.41, 5.74) is 0.836. The van der Waals surface area contributed by atoms with Gasteiger partial charge in [0.05, 0.1) is 11.6 Å². The molecule has 0 aromatic heterocycles. The van der Waals surface area contributed by atoms with Gasteiger partial charge in [0.2, 0.25) is 0 Å². The van der Waals surface area contributed by atoms with Gasteiger partial charge >= 0.3 is 5.97 Å². The molecule has 1 aromatic rings. The molecule has 0 bridgehead atoms. The lowest BCUT2D eigenvalue weighted by Gasteiger charge is -2.13. The number of carbonyl (C=O) groups excluding carboxylic acids is 1. The molecule has 3 N–H and O–H groups in total. The summed E-state index contributed by atoms with van der Waals surface area (Å²) in [5.74, 6) is -1.33. The van der Waals surface area contributed by atoms with Crippen LogP contribution in [0.15, 0.2) is 36.0 Å². The van der Waals surface area contributed by atoms with Crippen molar-refractivity contribution < 1.29 is 14.7 Å². The summed E-state index contributed by atoms with van der Waals surface area (Å²) in [6.45, 7) is 0. The second-order valence-electron chi connectivity index (χ2n) is 4.65. The normalized spacial score (nSPS) is 11.7. The first-order valence-corrected chi connectivity index (χ1v) is 8.30. The Kier molecular flexibility index (Phi) is 7.89. The number of carbonyl (C=O) groups is 2. The smallest absolute Gasteiger partial charge is 0.326 e. The maximum Gasteiger partial charge on any atom is 0.326 e. The summed E-state index contributed by atoms with van der Waals surface area (Å²) in [7, 11) is 0. The highest BCUT2D eigenvalue weighted by molar-refractivity contribution is 7.98. The summed E-state index contributed by atoms with van der Waals surface area (Å²) in [6, 6.07) is 9.09. The van der Waals surface area contributed by atoms with E-state index in [-0.39, 0.29) is 12.0 Å². The molecule has 8 heteroatoms. The van der Waals surface area contributed by atoms with Crippen LogP contribution in [0.3, 0.4) is 0 Å². The first kappa shape index (κ1) is 19.1. The average Bonchev–Trinajstić information content (AvgIpc) is 2.59. The number of thioether (sulfide) groups is 1. The van der Waals surface area contributed by atoms with Crippen LogP contribution in [-0.4, -0.2) is 35.0 Å². The molecule has 0 saturated carbocycles. The van der Waals surface area contributed by atoms with Gasteiger partial charge in [-0.2, -0.15) is 22.3 Å². The highest BCUT2D eigenvalue weighted by atomic mass is 32.2. The number of anilines is 1. The van der Waals surface area contributed by atoms with Crippen molar-refractivity contribution in [1.82, 2.24) is 5.32 Å². The largest absolute Gasteiger partial charge is 0.480 e. The number of aliphatic carboxylic acids is 1. The molecule has 0 spiro atoms. The molecular weight excluding hydrogens is 328 g/mol. The van der Waals surface area contributed by atoms with Gasteiger partial charge in [-0.05, 0) is 42.7 Å². The number of hydrogen-bond donors (Lipinski definition) is 3. The Morgan fingerprint density at radius 3 is 2.50 bits per heavy atom. The van der Waals surface area contributed by atoms with E-state index >= 15 is 0 Å². The van der Waals surface area contributed by atoms with Crippen molar-refractivity contribution in [2.24, 2.45) is 0 Å². The number of benzene rings is 1. The third kappa shape index (κ3) is 6.03. The predicted octanol–water partition coefficient (Wildman–Crippen LogP) is 1.70. The monoisotopic (exact) mass is 344 g/mol. The van der Waals surface area contributed by atoms with Crippen molar-refractivity contribution in [3.8, 4) is 12.1 Å². The molecule has 7 nitrogen and oxygen atoms in total. The topological polar surface area (TPSA) is 126 Å². The van der Waals surface area contributed by atoms with Crippen molar-refractivity contribution in [1.29, 1.82) is 10.5 Å². The fourth-order valence-corrected chi connectivity index (χ4v) is 2.15. The Bertz CT molecular complexity index is 702. The van der Waals surface area contributed by atoms with E-state index in [1.807, 2.05) is 12.3 Å². The van der Waals surface area contributed by atoms with Gasteiger partial charge in [0, 0.05) is 11.9 Å². The van der Waals surface area contributed by atoms with Gasteiger partial charge in [0.25, 0.3) is 5.91 Å². The fourth-order valence-electron chi connectivity index (χ4n) is 1.67. The number of carboxylic acids is 1. The van der Waals surface area contributed by atoms with Crippen LogP contribution in [-0.2, 0) is 9.59 Å². The van der Waals surface area contributed by atoms with Gasteiger partial charge in [-0.15, -0.1) is 0 Å². The van der Waals surface area contributed by atoms with Gasteiger partial charge in [-0.25, -0.2) is 4.79 Å². The second kappa shape index (κ2) is 9.93. The Balaban J connectivity index is 2.75. The Morgan fingerprint density at radius 2 is 2.00 bits per heavy atom. The van der Waals surface area contributed by atoms with E-state index in [1.165, 1.54) is 18.0 Å². The summed E-state index contributed by atoms with van der Waals surface area (Å²) in [6.07, 6.45) is 3.30. The van der Waals surface area contributed by atoms with Gasteiger partial charge in [0.1, 0.15) is 17.7 Å². The number of hydrogen-bond acceptors (Lipinski definition) is 6. The third-order valence-electron chi connectivity index (χ3n) is 2.98. The van der Waals surface area contributed by atoms with E-state index in [4.69, 9.17) is 15.6 Å². The number of carboxylic acid groups (broad SMARTS) is 1. The number of nitriles is 2. The second-order valence-corrected chi connectivity index (χ2v) is 5.63.